The summed E-state index contributed by atoms with van der Waals surface area (Å²) in [5, 5.41) is 3.25. The van der Waals surface area contributed by atoms with Crippen molar-refractivity contribution in [3.05, 3.63) is 0 Å². The minimum absolute atomic E-state index is 0.169. The van der Waals surface area contributed by atoms with Crippen molar-refractivity contribution >= 4 is 6.09 Å². The Hall–Kier alpha value is -0.810. The largest absolute Gasteiger partial charge is 0.444 e. The first-order valence-corrected chi connectivity index (χ1v) is 6.17. The van der Waals surface area contributed by atoms with Crippen LogP contribution in [0.4, 0.5) is 4.79 Å². The smallest absolute Gasteiger partial charge is 0.410 e. The zero-order valence-corrected chi connectivity index (χ0v) is 11.0. The van der Waals surface area contributed by atoms with E-state index in [9.17, 15) is 4.79 Å². The molecule has 2 rings (SSSR count). The monoisotopic (exact) mass is 242 g/mol. The van der Waals surface area contributed by atoms with E-state index in [1.807, 2.05) is 32.7 Å². The van der Waals surface area contributed by atoms with E-state index in [0.29, 0.717) is 25.1 Å². The van der Waals surface area contributed by atoms with Gasteiger partial charge in [0.15, 0.2) is 0 Å². The van der Waals surface area contributed by atoms with Gasteiger partial charge in [-0.25, -0.2) is 4.79 Å². The number of hydrogen-bond donors (Lipinski definition) is 1. The Morgan fingerprint density at radius 3 is 2.71 bits per heavy atom. The Balaban J connectivity index is 2.04. The lowest BCUT2D eigenvalue weighted by Crippen LogP contribution is -2.42. The van der Waals surface area contributed by atoms with Crippen LogP contribution in [0, 0.1) is 5.92 Å². The summed E-state index contributed by atoms with van der Waals surface area (Å²) >= 11 is 0. The molecule has 98 valence electrons. The van der Waals surface area contributed by atoms with Crippen LogP contribution in [0.5, 0.6) is 0 Å². The maximum Gasteiger partial charge on any atom is 0.410 e. The molecule has 1 amide bonds. The molecular formula is C12H22N2O3. The number of carbonyl (C=O) groups excluding carboxylic acids is 1. The second kappa shape index (κ2) is 4.46. The van der Waals surface area contributed by atoms with Gasteiger partial charge in [-0.15, -0.1) is 0 Å². The molecule has 2 aliphatic rings. The van der Waals surface area contributed by atoms with Crippen molar-refractivity contribution in [2.75, 3.05) is 26.8 Å². The third kappa shape index (κ3) is 2.55. The second-order valence-electron chi connectivity index (χ2n) is 5.80. The highest BCUT2D eigenvalue weighted by Crippen LogP contribution is 2.31. The van der Waals surface area contributed by atoms with E-state index < -0.39 is 5.60 Å². The van der Waals surface area contributed by atoms with Crippen molar-refractivity contribution < 1.29 is 14.3 Å². The number of likely N-dealkylation sites (tertiary alicyclic amines) is 1. The van der Waals surface area contributed by atoms with Gasteiger partial charge in [0.1, 0.15) is 5.60 Å². The highest BCUT2D eigenvalue weighted by Gasteiger charge is 2.47. The molecule has 2 heterocycles. The van der Waals surface area contributed by atoms with Crippen LogP contribution >= 0.6 is 0 Å². The zero-order chi connectivity index (χ0) is 12.6. The molecule has 0 aromatic rings. The number of amides is 1. The molecule has 0 aliphatic carbocycles. The molecule has 2 fully saturated rings. The van der Waals surface area contributed by atoms with Gasteiger partial charge >= 0.3 is 6.09 Å². The fourth-order valence-corrected chi connectivity index (χ4v) is 2.58. The van der Waals surface area contributed by atoms with Gasteiger partial charge in [0.2, 0.25) is 0 Å². The molecule has 2 saturated heterocycles. The molecule has 3 atom stereocenters. The van der Waals surface area contributed by atoms with E-state index in [4.69, 9.17) is 9.47 Å². The molecule has 0 bridgehead atoms. The first-order chi connectivity index (χ1) is 7.92. The van der Waals surface area contributed by atoms with Crippen LogP contribution in [0.3, 0.4) is 0 Å². The minimum atomic E-state index is -0.441. The quantitative estimate of drug-likeness (QED) is 0.740. The van der Waals surface area contributed by atoms with Gasteiger partial charge in [0.25, 0.3) is 0 Å². The molecule has 5 nitrogen and oxygen atoms in total. The topological polar surface area (TPSA) is 50.8 Å². The number of nitrogens with zero attached hydrogens (tertiary/aromatic N) is 1. The van der Waals surface area contributed by atoms with Gasteiger partial charge in [0, 0.05) is 18.5 Å². The van der Waals surface area contributed by atoms with E-state index >= 15 is 0 Å². The number of hydrogen-bond acceptors (Lipinski definition) is 4. The normalized spacial score (nSPS) is 32.7. The summed E-state index contributed by atoms with van der Waals surface area (Å²) in [6.45, 7) is 7.74. The van der Waals surface area contributed by atoms with Crippen LogP contribution < -0.4 is 5.32 Å². The molecule has 3 unspecified atom stereocenters. The SMILES string of the molecule is CNC1CN(C(=O)OC(C)(C)C)C2COCC12. The highest BCUT2D eigenvalue weighted by molar-refractivity contribution is 5.69. The zero-order valence-electron chi connectivity index (χ0n) is 11.0. The van der Waals surface area contributed by atoms with Crippen LogP contribution in [0.2, 0.25) is 0 Å². The average Bonchev–Trinajstić information content (AvgIpc) is 2.73. The fraction of sp³-hybridized carbons (Fsp3) is 0.917. The Kier molecular flexibility index (Phi) is 3.32. The van der Waals surface area contributed by atoms with Crippen LogP contribution in [0.25, 0.3) is 0 Å². The van der Waals surface area contributed by atoms with Gasteiger partial charge in [-0.1, -0.05) is 0 Å². The molecule has 0 saturated carbocycles. The van der Waals surface area contributed by atoms with Crippen LogP contribution in [0.1, 0.15) is 20.8 Å². The summed E-state index contributed by atoms with van der Waals surface area (Å²) in [6, 6.07) is 0.484. The Bertz CT molecular complexity index is 301. The van der Waals surface area contributed by atoms with E-state index in [1.54, 1.807) is 0 Å². The number of rotatable bonds is 1. The van der Waals surface area contributed by atoms with Gasteiger partial charge in [-0.3, -0.25) is 0 Å². The van der Waals surface area contributed by atoms with E-state index in [1.165, 1.54) is 0 Å². The van der Waals surface area contributed by atoms with Crippen LogP contribution in [-0.4, -0.2) is 55.5 Å². The van der Waals surface area contributed by atoms with E-state index in [-0.39, 0.29) is 12.1 Å². The molecular weight excluding hydrogens is 220 g/mol. The van der Waals surface area contributed by atoms with Crippen molar-refractivity contribution in [3.63, 3.8) is 0 Å². The van der Waals surface area contributed by atoms with Crippen molar-refractivity contribution in [1.29, 1.82) is 0 Å². The molecule has 0 radical (unpaired) electrons. The van der Waals surface area contributed by atoms with Gasteiger partial charge < -0.3 is 19.7 Å². The predicted molar refractivity (Wildman–Crippen MR) is 63.9 cm³/mol. The molecule has 0 aromatic carbocycles. The first-order valence-electron chi connectivity index (χ1n) is 6.17. The van der Waals surface area contributed by atoms with Gasteiger partial charge in [-0.2, -0.15) is 0 Å². The number of carbonyl (C=O) groups is 1. The summed E-state index contributed by atoms with van der Waals surface area (Å²) < 4.78 is 10.9. The molecule has 5 heteroatoms. The maximum absolute atomic E-state index is 12.1. The number of ether oxygens (including phenoxy) is 2. The number of fused-ring (bicyclic) bond motifs is 1. The molecule has 0 aromatic heterocycles. The lowest BCUT2D eigenvalue weighted by atomic mass is 10.0. The van der Waals surface area contributed by atoms with Gasteiger partial charge in [-0.05, 0) is 27.8 Å². The number of nitrogens with one attached hydrogen (secondary N) is 1. The fourth-order valence-electron chi connectivity index (χ4n) is 2.58. The third-order valence-corrected chi connectivity index (χ3v) is 3.40. The summed E-state index contributed by atoms with van der Waals surface area (Å²) in [7, 11) is 1.93. The summed E-state index contributed by atoms with van der Waals surface area (Å²) in [5.41, 5.74) is -0.441. The Morgan fingerprint density at radius 2 is 2.12 bits per heavy atom. The second-order valence-corrected chi connectivity index (χ2v) is 5.80. The summed E-state index contributed by atoms with van der Waals surface area (Å²) in [5.74, 6) is 0.396. The maximum atomic E-state index is 12.1. The van der Waals surface area contributed by atoms with Crippen molar-refractivity contribution in [1.82, 2.24) is 10.2 Å². The molecule has 0 spiro atoms. The van der Waals surface area contributed by atoms with Crippen molar-refractivity contribution in [2.45, 2.75) is 38.5 Å². The standard InChI is InChI=1S/C12H22N2O3/c1-12(2,3)17-11(15)14-5-9(13-4)8-6-16-7-10(8)14/h8-10,13H,5-7H2,1-4H3. The lowest BCUT2D eigenvalue weighted by molar-refractivity contribution is 0.0191. The van der Waals surface area contributed by atoms with E-state index in [0.717, 1.165) is 6.61 Å². The molecule has 17 heavy (non-hydrogen) atoms. The third-order valence-electron chi connectivity index (χ3n) is 3.40. The van der Waals surface area contributed by atoms with Crippen LogP contribution in [-0.2, 0) is 9.47 Å². The lowest BCUT2D eigenvalue weighted by Gasteiger charge is -2.27. The summed E-state index contributed by atoms with van der Waals surface area (Å²) in [4.78, 5) is 13.9. The summed E-state index contributed by atoms with van der Waals surface area (Å²) in [6.07, 6.45) is -0.226. The van der Waals surface area contributed by atoms with E-state index in [2.05, 4.69) is 5.32 Å². The average molecular weight is 242 g/mol. The highest BCUT2D eigenvalue weighted by atomic mass is 16.6. The van der Waals surface area contributed by atoms with Crippen LogP contribution in [0.15, 0.2) is 0 Å². The molecule has 1 N–H and O–H groups in total. The first kappa shape index (κ1) is 12.6. The minimum Gasteiger partial charge on any atom is -0.444 e. The number of likely N-dealkylation sites (N-methyl/N-ethyl adjacent to an activating group) is 1. The van der Waals surface area contributed by atoms with Gasteiger partial charge in [0.05, 0.1) is 19.3 Å². The van der Waals surface area contributed by atoms with Crippen molar-refractivity contribution in [3.8, 4) is 0 Å². The Labute approximate surface area is 102 Å². The predicted octanol–water partition coefficient (Wildman–Crippen LogP) is 0.840. The Morgan fingerprint density at radius 1 is 1.41 bits per heavy atom. The molecule has 2 aliphatic heterocycles. The van der Waals surface area contributed by atoms with Crippen molar-refractivity contribution in [2.24, 2.45) is 5.92 Å².